The number of hydrogen-bond acceptors (Lipinski definition) is 3. The Hall–Kier alpha value is -1.26. The summed E-state index contributed by atoms with van der Waals surface area (Å²) in [6.45, 7) is 0.780. The molecule has 2 heterocycles. The fourth-order valence-corrected chi connectivity index (χ4v) is 3.02. The smallest absolute Gasteiger partial charge is 0.278 e. The first-order valence-corrected chi connectivity index (χ1v) is 7.11. The predicted molar refractivity (Wildman–Crippen MR) is 75.7 cm³/mol. The molecule has 0 bridgehead atoms. The van der Waals surface area contributed by atoms with Crippen molar-refractivity contribution in [3.05, 3.63) is 40.5 Å². The second-order valence-electron chi connectivity index (χ2n) is 4.13. The molecule has 1 saturated heterocycles. The van der Waals surface area contributed by atoms with Crippen LogP contribution < -0.4 is 0 Å². The maximum Gasteiger partial charge on any atom is 0.278 e. The topological polar surface area (TPSA) is 32.7 Å². The van der Waals surface area contributed by atoms with E-state index in [1.165, 1.54) is 0 Å². The summed E-state index contributed by atoms with van der Waals surface area (Å²) in [4.78, 5) is 18.3. The monoisotopic (exact) mass is 278 g/mol. The molecule has 0 aromatic heterocycles. The molecule has 0 unspecified atom stereocenters. The van der Waals surface area contributed by atoms with E-state index in [4.69, 9.17) is 11.6 Å². The van der Waals surface area contributed by atoms with Gasteiger partial charge in [0.1, 0.15) is 5.70 Å². The Labute approximate surface area is 115 Å². The zero-order chi connectivity index (χ0) is 12.5. The minimum atomic E-state index is 0.00662. The Balaban J connectivity index is 1.90. The highest BCUT2D eigenvalue weighted by atomic mass is 35.5. The molecule has 92 valence electrons. The van der Waals surface area contributed by atoms with E-state index in [-0.39, 0.29) is 5.91 Å². The highest BCUT2D eigenvalue weighted by Crippen LogP contribution is 2.27. The van der Waals surface area contributed by atoms with Crippen LogP contribution >= 0.6 is 23.4 Å². The van der Waals surface area contributed by atoms with Crippen LogP contribution in [0.5, 0.6) is 0 Å². The van der Waals surface area contributed by atoms with Crippen LogP contribution in [0.1, 0.15) is 12.0 Å². The molecule has 18 heavy (non-hydrogen) atoms. The Morgan fingerprint density at radius 1 is 1.33 bits per heavy atom. The van der Waals surface area contributed by atoms with Crippen molar-refractivity contribution < 1.29 is 4.79 Å². The van der Waals surface area contributed by atoms with Gasteiger partial charge in [0.05, 0.1) is 0 Å². The number of thioether (sulfide) groups is 1. The van der Waals surface area contributed by atoms with Gasteiger partial charge in [-0.25, -0.2) is 4.99 Å². The number of hydrogen-bond donors (Lipinski definition) is 0. The van der Waals surface area contributed by atoms with Crippen molar-refractivity contribution in [2.45, 2.75) is 6.42 Å². The molecular weight excluding hydrogens is 268 g/mol. The Morgan fingerprint density at radius 2 is 2.11 bits per heavy atom. The summed E-state index contributed by atoms with van der Waals surface area (Å²) in [5, 5.41) is 1.53. The Kier molecular flexibility index (Phi) is 3.14. The summed E-state index contributed by atoms with van der Waals surface area (Å²) in [5.74, 6) is 1.05. The lowest BCUT2D eigenvalue weighted by molar-refractivity contribution is -0.122. The number of nitrogens with zero attached hydrogens (tertiary/aromatic N) is 2. The molecule has 0 saturated carbocycles. The van der Waals surface area contributed by atoms with Gasteiger partial charge in [-0.1, -0.05) is 35.5 Å². The zero-order valence-corrected chi connectivity index (χ0v) is 11.2. The van der Waals surface area contributed by atoms with E-state index in [2.05, 4.69) is 4.99 Å². The van der Waals surface area contributed by atoms with E-state index in [0.29, 0.717) is 10.7 Å². The van der Waals surface area contributed by atoms with Crippen LogP contribution in [0.4, 0.5) is 0 Å². The normalized spacial score (nSPS) is 21.2. The first-order valence-electron chi connectivity index (χ1n) is 5.75. The van der Waals surface area contributed by atoms with Crippen molar-refractivity contribution in [1.82, 2.24) is 4.90 Å². The lowest BCUT2D eigenvalue weighted by Gasteiger charge is -2.21. The number of carbonyl (C=O) groups excluding carboxylic acids is 1. The number of amidine groups is 1. The molecule has 3 rings (SSSR count). The van der Waals surface area contributed by atoms with E-state index in [1.54, 1.807) is 16.7 Å². The number of benzene rings is 1. The van der Waals surface area contributed by atoms with E-state index in [1.807, 2.05) is 30.3 Å². The van der Waals surface area contributed by atoms with Crippen molar-refractivity contribution in [3.8, 4) is 0 Å². The number of rotatable bonds is 1. The maximum absolute atomic E-state index is 12.1. The Bertz CT molecular complexity index is 551. The molecule has 0 aliphatic carbocycles. The van der Waals surface area contributed by atoms with Crippen molar-refractivity contribution >= 4 is 40.5 Å². The van der Waals surface area contributed by atoms with Gasteiger partial charge in [-0.3, -0.25) is 9.69 Å². The first-order chi connectivity index (χ1) is 8.74. The lowest BCUT2D eigenvalue weighted by Crippen LogP contribution is -2.34. The number of fused-ring (bicyclic) bond motifs is 1. The number of carbonyl (C=O) groups is 1. The molecular formula is C13H11ClN2OS. The van der Waals surface area contributed by atoms with Crippen LogP contribution in [0.15, 0.2) is 35.0 Å². The molecule has 1 aromatic rings. The summed E-state index contributed by atoms with van der Waals surface area (Å²) in [7, 11) is 0. The summed E-state index contributed by atoms with van der Waals surface area (Å²) in [5.41, 5.74) is 1.46. The molecule has 2 aliphatic rings. The number of halogens is 1. The second kappa shape index (κ2) is 4.78. The largest absolute Gasteiger partial charge is 0.286 e. The van der Waals surface area contributed by atoms with Gasteiger partial charge in [-0.2, -0.15) is 0 Å². The molecule has 1 aromatic carbocycles. The quantitative estimate of drug-likeness (QED) is 0.740. The summed E-state index contributed by atoms with van der Waals surface area (Å²) in [6, 6.07) is 7.38. The molecule has 1 fully saturated rings. The second-order valence-corrected chi connectivity index (χ2v) is 5.63. The van der Waals surface area contributed by atoms with Gasteiger partial charge >= 0.3 is 0 Å². The van der Waals surface area contributed by atoms with Crippen LogP contribution in [0.25, 0.3) is 6.08 Å². The highest BCUT2D eigenvalue weighted by Gasteiger charge is 2.32. The first kappa shape index (κ1) is 11.8. The van der Waals surface area contributed by atoms with Crippen LogP contribution in [0.3, 0.4) is 0 Å². The highest BCUT2D eigenvalue weighted by molar-refractivity contribution is 8.13. The lowest BCUT2D eigenvalue weighted by atomic mass is 10.2. The van der Waals surface area contributed by atoms with Gasteiger partial charge in [0.2, 0.25) is 0 Å². The van der Waals surface area contributed by atoms with E-state index in [0.717, 1.165) is 29.4 Å². The van der Waals surface area contributed by atoms with Crippen molar-refractivity contribution in [2.24, 2.45) is 4.99 Å². The standard InChI is InChI=1S/C13H11ClN2OS/c14-10-4-2-9(3-5-10)8-11-12(17)16-6-1-7-18-13(16)15-11/h2-5,8H,1,6-7H2/b11-8-. The molecule has 0 spiro atoms. The number of aliphatic imine (C=N–C) groups is 1. The van der Waals surface area contributed by atoms with Crippen LogP contribution in [-0.4, -0.2) is 28.3 Å². The molecule has 2 aliphatic heterocycles. The van der Waals surface area contributed by atoms with Crippen molar-refractivity contribution in [1.29, 1.82) is 0 Å². The van der Waals surface area contributed by atoms with Gasteiger partial charge in [-0.05, 0) is 30.2 Å². The third-order valence-corrected chi connectivity index (χ3v) is 4.16. The van der Waals surface area contributed by atoms with Crippen molar-refractivity contribution in [2.75, 3.05) is 12.3 Å². The van der Waals surface area contributed by atoms with Crippen LogP contribution in [0, 0.1) is 0 Å². The summed E-state index contributed by atoms with van der Waals surface area (Å²) in [6.07, 6.45) is 2.84. The number of amides is 1. The fraction of sp³-hybridized carbons (Fsp3) is 0.231. The minimum absolute atomic E-state index is 0.00662. The average Bonchev–Trinajstić information content (AvgIpc) is 2.70. The summed E-state index contributed by atoms with van der Waals surface area (Å²) < 4.78 is 0. The zero-order valence-electron chi connectivity index (χ0n) is 9.60. The van der Waals surface area contributed by atoms with Gasteiger partial charge in [0, 0.05) is 17.3 Å². The third-order valence-electron chi connectivity index (χ3n) is 2.84. The van der Waals surface area contributed by atoms with Gasteiger partial charge in [0.25, 0.3) is 5.91 Å². The predicted octanol–water partition coefficient (Wildman–Crippen LogP) is 3.02. The third kappa shape index (κ3) is 2.18. The Morgan fingerprint density at radius 3 is 2.83 bits per heavy atom. The average molecular weight is 279 g/mol. The van der Waals surface area contributed by atoms with Crippen LogP contribution in [-0.2, 0) is 4.79 Å². The van der Waals surface area contributed by atoms with E-state index >= 15 is 0 Å². The van der Waals surface area contributed by atoms with Crippen molar-refractivity contribution in [3.63, 3.8) is 0 Å². The maximum atomic E-state index is 12.1. The SMILES string of the molecule is O=C1/C(=C/c2ccc(Cl)cc2)N=C2SCCCN12. The minimum Gasteiger partial charge on any atom is -0.286 e. The molecule has 0 atom stereocenters. The van der Waals surface area contributed by atoms with Crippen LogP contribution in [0.2, 0.25) is 5.02 Å². The van der Waals surface area contributed by atoms with Gasteiger partial charge < -0.3 is 0 Å². The summed E-state index contributed by atoms with van der Waals surface area (Å²) >= 11 is 7.48. The molecule has 0 N–H and O–H groups in total. The fourth-order valence-electron chi connectivity index (χ4n) is 1.94. The van der Waals surface area contributed by atoms with E-state index < -0.39 is 0 Å². The van der Waals surface area contributed by atoms with E-state index in [9.17, 15) is 4.79 Å². The van der Waals surface area contributed by atoms with Gasteiger partial charge in [-0.15, -0.1) is 0 Å². The molecule has 3 nitrogen and oxygen atoms in total. The molecule has 5 heteroatoms. The molecule has 0 radical (unpaired) electrons. The van der Waals surface area contributed by atoms with Gasteiger partial charge in [0.15, 0.2) is 5.17 Å². The molecule has 1 amide bonds.